The number of pyridine rings is 1. The van der Waals surface area contributed by atoms with Gasteiger partial charge in [-0.15, -0.1) is 65.2 Å². The molecule has 311 valence electrons. The molecule has 2 heterocycles. The molecule has 9 rings (SSSR count). The molecule has 1 saturated carbocycles. The fourth-order valence-electron chi connectivity index (χ4n) is 9.79. The third kappa shape index (κ3) is 8.18. The molecule has 2 aromatic heterocycles. The van der Waals surface area contributed by atoms with Gasteiger partial charge in [-0.25, -0.2) is 0 Å². The summed E-state index contributed by atoms with van der Waals surface area (Å²) in [6, 6.07) is 44.1. The van der Waals surface area contributed by atoms with Gasteiger partial charge in [-0.05, 0) is 93.8 Å². The zero-order chi connectivity index (χ0) is 41.6. The number of imidazole rings is 1. The predicted molar refractivity (Wildman–Crippen MR) is 253 cm³/mol. The molecule has 0 N–H and O–H groups in total. The quantitative estimate of drug-likeness (QED) is 0.118. The van der Waals surface area contributed by atoms with E-state index in [2.05, 4.69) is 182 Å². The summed E-state index contributed by atoms with van der Waals surface area (Å²) >= 11 is 0. The predicted octanol–water partition coefficient (Wildman–Crippen LogP) is 14.5. The molecule has 1 fully saturated rings. The minimum absolute atomic E-state index is 0. The average molecular weight is 984 g/mol. The molecule has 0 bridgehead atoms. The molecule has 0 spiro atoms. The van der Waals surface area contributed by atoms with Crippen LogP contribution in [-0.4, -0.2) is 22.6 Å². The maximum atomic E-state index is 5.23. The third-order valence-corrected chi connectivity index (χ3v) is 15.0. The fourth-order valence-corrected chi connectivity index (χ4v) is 11.4. The van der Waals surface area contributed by atoms with Crippen molar-refractivity contribution in [1.82, 2.24) is 14.5 Å². The van der Waals surface area contributed by atoms with Gasteiger partial charge in [0.2, 0.25) is 0 Å². The van der Waals surface area contributed by atoms with Crippen LogP contribution in [0.5, 0.6) is 0 Å². The van der Waals surface area contributed by atoms with Crippen LogP contribution >= 0.6 is 0 Å². The first kappa shape index (κ1) is 43.7. The Morgan fingerprint density at radius 1 is 0.750 bits per heavy atom. The van der Waals surface area contributed by atoms with Gasteiger partial charge in [0.05, 0.1) is 24.9 Å². The Balaban J connectivity index is 0.000000203. The maximum Gasteiger partial charge on any atom is 0.0799 e. The van der Waals surface area contributed by atoms with Gasteiger partial charge in [-0.1, -0.05) is 146 Å². The van der Waals surface area contributed by atoms with E-state index in [-0.39, 0.29) is 25.5 Å². The van der Waals surface area contributed by atoms with Crippen molar-refractivity contribution < 1.29 is 20.1 Å². The van der Waals surface area contributed by atoms with Crippen LogP contribution < -0.4 is 5.19 Å². The number of para-hydroxylation sites is 3. The number of nitrogens with zero attached hydrogens (tertiary/aromatic N) is 3. The monoisotopic (exact) mass is 984 g/mol. The topological polar surface area (TPSA) is 30.7 Å². The van der Waals surface area contributed by atoms with Crippen molar-refractivity contribution in [1.29, 1.82) is 0 Å². The van der Waals surface area contributed by atoms with Gasteiger partial charge in [0, 0.05) is 32.0 Å². The SMILES string of the molecule is C[Si](C)(C)c1cnc(-c2[c-]cccc2)cc1C1CCCCC1.Cc1cccc2c1-c1cc(-c3nc4ccccc4n3-c3c(C(C)C)cccc3C(C)C)[c-]cc1C2(C)C.[Ir]. The Bertz CT molecular complexity index is 2600. The van der Waals surface area contributed by atoms with Gasteiger partial charge in [-0.3, -0.25) is 4.98 Å². The molecule has 0 unspecified atom stereocenters. The Morgan fingerprint density at radius 2 is 1.43 bits per heavy atom. The Kier molecular flexibility index (Phi) is 12.8. The molecule has 2 aliphatic rings. The molecule has 1 radical (unpaired) electrons. The van der Waals surface area contributed by atoms with E-state index >= 15 is 0 Å². The summed E-state index contributed by atoms with van der Waals surface area (Å²) in [7, 11) is -1.36. The average Bonchev–Trinajstić information content (AvgIpc) is 3.73. The van der Waals surface area contributed by atoms with E-state index in [0.29, 0.717) is 11.8 Å². The van der Waals surface area contributed by atoms with Crippen molar-refractivity contribution >= 4 is 24.3 Å². The van der Waals surface area contributed by atoms with E-state index in [0.717, 1.165) is 39.6 Å². The first-order chi connectivity index (χ1) is 28.3. The number of fused-ring (bicyclic) bond motifs is 4. The van der Waals surface area contributed by atoms with Gasteiger partial charge in [-0.2, -0.15) is 0 Å². The van der Waals surface area contributed by atoms with E-state index in [4.69, 9.17) is 9.97 Å². The first-order valence-corrected chi connectivity index (χ1v) is 25.5. The number of hydrogen-bond donors (Lipinski definition) is 0. The summed E-state index contributed by atoms with van der Waals surface area (Å²) < 4.78 is 2.40. The van der Waals surface area contributed by atoms with Crippen LogP contribution in [0.4, 0.5) is 0 Å². The Labute approximate surface area is 374 Å². The first-order valence-electron chi connectivity index (χ1n) is 22.0. The van der Waals surface area contributed by atoms with E-state index < -0.39 is 8.07 Å². The van der Waals surface area contributed by atoms with E-state index in [1.807, 2.05) is 12.1 Å². The number of aromatic nitrogens is 3. The van der Waals surface area contributed by atoms with Gasteiger partial charge in [0.1, 0.15) is 0 Å². The van der Waals surface area contributed by atoms with Crippen molar-refractivity contribution in [2.75, 3.05) is 0 Å². The summed E-state index contributed by atoms with van der Waals surface area (Å²) in [5.41, 5.74) is 17.6. The Morgan fingerprint density at radius 3 is 2.10 bits per heavy atom. The van der Waals surface area contributed by atoms with Gasteiger partial charge in [0.25, 0.3) is 0 Å². The van der Waals surface area contributed by atoms with Crippen molar-refractivity contribution in [2.45, 2.75) is 123 Å². The molecule has 7 aromatic rings. The van der Waals surface area contributed by atoms with Crippen LogP contribution in [0.15, 0.2) is 109 Å². The number of aryl methyl sites for hydroxylation is 1. The molecular formula is C55H61IrN3Si-2. The summed E-state index contributed by atoms with van der Waals surface area (Å²) in [5, 5.41) is 1.55. The van der Waals surface area contributed by atoms with Crippen LogP contribution in [0.25, 0.3) is 50.5 Å². The molecule has 2 aliphatic carbocycles. The summed E-state index contributed by atoms with van der Waals surface area (Å²) in [5.74, 6) is 2.48. The number of rotatable bonds is 7. The molecule has 60 heavy (non-hydrogen) atoms. The third-order valence-electron chi connectivity index (χ3n) is 13.0. The maximum absolute atomic E-state index is 5.23. The number of benzene rings is 5. The molecular weight excluding hydrogens is 923 g/mol. The Hall–Kier alpha value is -4.41. The molecule has 0 aliphatic heterocycles. The van der Waals surface area contributed by atoms with Crippen molar-refractivity contribution in [2.24, 2.45) is 0 Å². The van der Waals surface area contributed by atoms with Crippen LogP contribution in [0, 0.1) is 19.1 Å². The fraction of sp³-hybridized carbons (Fsp3) is 0.345. The molecule has 5 heteroatoms. The minimum atomic E-state index is -1.36. The zero-order valence-corrected chi connectivity index (χ0v) is 40.7. The van der Waals surface area contributed by atoms with Crippen LogP contribution in [0.2, 0.25) is 19.6 Å². The minimum Gasteiger partial charge on any atom is -0.333 e. The van der Waals surface area contributed by atoms with Crippen molar-refractivity contribution in [3.63, 3.8) is 0 Å². The van der Waals surface area contributed by atoms with Crippen molar-refractivity contribution in [3.8, 4) is 39.5 Å². The molecule has 3 nitrogen and oxygen atoms in total. The van der Waals surface area contributed by atoms with Gasteiger partial charge < -0.3 is 9.55 Å². The molecule has 5 aromatic carbocycles. The second-order valence-corrected chi connectivity index (χ2v) is 24.2. The molecule has 0 atom stereocenters. The van der Waals surface area contributed by atoms with Crippen molar-refractivity contribution in [3.05, 3.63) is 155 Å². The van der Waals surface area contributed by atoms with Crippen LogP contribution in [0.1, 0.15) is 125 Å². The second-order valence-electron chi connectivity index (χ2n) is 19.2. The van der Waals surface area contributed by atoms with E-state index in [1.165, 1.54) is 76.7 Å². The standard InChI is InChI=1S/C35H35N2.C20H26NSi.Ir/c1-21(2)25-13-11-14-26(22(3)4)33(25)37-31-17-9-8-16-30(31)36-34(37)24-18-19-28-27(20-24)32-23(5)12-10-15-29(32)35(28,6)7;1-22(2,3)20-15-21-19(17-12-8-5-9-13-17)14-18(20)16-10-6-4-7-11-16;/h8-17,19-22H,1-7H3;5,8-9,12,14-16H,4,6-7,10-11H2,1-3H3;/q2*-1;. The smallest absolute Gasteiger partial charge is 0.0799 e. The van der Waals surface area contributed by atoms with Crippen LogP contribution in [-0.2, 0) is 25.5 Å². The van der Waals surface area contributed by atoms with Crippen LogP contribution in [0.3, 0.4) is 0 Å². The largest absolute Gasteiger partial charge is 0.333 e. The zero-order valence-electron chi connectivity index (χ0n) is 37.3. The van der Waals surface area contributed by atoms with E-state index in [9.17, 15) is 0 Å². The van der Waals surface area contributed by atoms with Gasteiger partial charge >= 0.3 is 0 Å². The summed E-state index contributed by atoms with van der Waals surface area (Å²) in [6.45, 7) is 23.3. The normalized spacial score (nSPS) is 14.7. The summed E-state index contributed by atoms with van der Waals surface area (Å²) in [4.78, 5) is 10.0. The number of hydrogen-bond acceptors (Lipinski definition) is 2. The molecule has 0 saturated heterocycles. The van der Waals surface area contributed by atoms with E-state index in [1.54, 1.807) is 10.8 Å². The second kappa shape index (κ2) is 17.5. The van der Waals surface area contributed by atoms with Gasteiger partial charge in [0.15, 0.2) is 0 Å². The molecule has 0 amide bonds. The summed E-state index contributed by atoms with van der Waals surface area (Å²) in [6.07, 6.45) is 9.03.